The monoisotopic (exact) mass is 342 g/mol. The van der Waals surface area contributed by atoms with Gasteiger partial charge in [0.1, 0.15) is 0 Å². The number of benzene rings is 1. The number of carbonyl (C=O) groups excluding carboxylic acids is 1. The molecule has 1 unspecified atom stereocenters. The summed E-state index contributed by atoms with van der Waals surface area (Å²) >= 11 is 5.98. The third-order valence-corrected chi connectivity index (χ3v) is 4.11. The zero-order valence-corrected chi connectivity index (χ0v) is 14.1. The maximum atomic E-state index is 12.4. The number of hydrogen-bond acceptors (Lipinski definition) is 2. The van der Waals surface area contributed by atoms with Crippen molar-refractivity contribution in [3.63, 3.8) is 0 Å². The Morgan fingerprint density at radius 2 is 1.96 bits per heavy atom. The van der Waals surface area contributed by atoms with E-state index in [2.05, 4.69) is 15.0 Å². The van der Waals surface area contributed by atoms with Crippen LogP contribution in [-0.2, 0) is 18.4 Å². The summed E-state index contributed by atoms with van der Waals surface area (Å²) < 4.78 is 3.74. The molecular weight excluding hydrogens is 324 g/mol. The molecule has 1 N–H and O–H groups in total. The zero-order chi connectivity index (χ0) is 16.9. The van der Waals surface area contributed by atoms with Crippen molar-refractivity contribution in [2.45, 2.75) is 18.9 Å². The van der Waals surface area contributed by atoms with Gasteiger partial charge in [-0.3, -0.25) is 9.48 Å². The van der Waals surface area contributed by atoms with Crippen LogP contribution in [0.2, 0.25) is 5.02 Å². The van der Waals surface area contributed by atoms with Crippen LogP contribution in [0.1, 0.15) is 17.9 Å². The predicted molar refractivity (Wildman–Crippen MR) is 95.1 cm³/mol. The topological polar surface area (TPSA) is 51.9 Å². The number of amides is 1. The highest BCUT2D eigenvalue weighted by Gasteiger charge is 2.17. The van der Waals surface area contributed by atoms with Crippen LogP contribution in [0.3, 0.4) is 0 Å². The molecule has 3 aromatic rings. The number of halogens is 1. The van der Waals surface area contributed by atoms with E-state index in [1.54, 1.807) is 17.1 Å². The molecule has 0 aliphatic carbocycles. The van der Waals surface area contributed by atoms with Crippen LogP contribution >= 0.6 is 11.6 Å². The molecule has 0 saturated carbocycles. The van der Waals surface area contributed by atoms with E-state index in [9.17, 15) is 4.79 Å². The van der Waals surface area contributed by atoms with Crippen molar-refractivity contribution < 1.29 is 4.79 Å². The maximum Gasteiger partial charge on any atom is 0.225 e. The van der Waals surface area contributed by atoms with E-state index in [0.29, 0.717) is 17.1 Å². The second-order valence-electron chi connectivity index (χ2n) is 5.78. The van der Waals surface area contributed by atoms with Gasteiger partial charge in [0.2, 0.25) is 5.91 Å². The molecule has 0 aliphatic rings. The summed E-state index contributed by atoms with van der Waals surface area (Å²) in [5.74, 6) is 0.0291. The molecule has 24 heavy (non-hydrogen) atoms. The Balaban J connectivity index is 1.73. The molecule has 0 aliphatic heterocycles. The Hall–Kier alpha value is -2.53. The molecule has 5 nitrogen and oxygen atoms in total. The summed E-state index contributed by atoms with van der Waals surface area (Å²) in [6.07, 6.45) is 7.81. The van der Waals surface area contributed by atoms with Gasteiger partial charge in [-0.05, 0) is 29.8 Å². The highest BCUT2D eigenvalue weighted by atomic mass is 35.5. The van der Waals surface area contributed by atoms with Crippen molar-refractivity contribution in [3.8, 4) is 0 Å². The van der Waals surface area contributed by atoms with Gasteiger partial charge < -0.3 is 9.88 Å². The molecular formula is C18H19ClN4O. The minimum atomic E-state index is -0.0323. The normalized spacial score (nSPS) is 12.1. The van der Waals surface area contributed by atoms with Crippen LogP contribution in [-0.4, -0.2) is 20.3 Å². The molecule has 1 aromatic carbocycles. The summed E-state index contributed by atoms with van der Waals surface area (Å²) in [7, 11) is 1.82. The SMILES string of the molecule is Cn1cc(NC(=O)CC(Cn2cccc2)c2ccc(Cl)cc2)cn1. The van der Waals surface area contributed by atoms with Gasteiger partial charge in [-0.25, -0.2) is 0 Å². The molecule has 1 atom stereocenters. The van der Waals surface area contributed by atoms with Crippen molar-refractivity contribution in [1.29, 1.82) is 0 Å². The van der Waals surface area contributed by atoms with E-state index >= 15 is 0 Å². The maximum absolute atomic E-state index is 12.4. The summed E-state index contributed by atoms with van der Waals surface area (Å²) in [6.45, 7) is 0.731. The standard InChI is InChI=1S/C18H19ClN4O/c1-22-13-17(11-20-22)21-18(24)10-15(12-23-8-2-3-9-23)14-4-6-16(19)7-5-14/h2-9,11,13,15H,10,12H2,1H3,(H,21,24). The third-order valence-electron chi connectivity index (χ3n) is 3.86. The number of hydrogen-bond donors (Lipinski definition) is 1. The molecule has 0 bridgehead atoms. The number of carbonyl (C=O) groups is 1. The fourth-order valence-corrected chi connectivity index (χ4v) is 2.82. The Morgan fingerprint density at radius 3 is 2.58 bits per heavy atom. The molecule has 6 heteroatoms. The van der Waals surface area contributed by atoms with Crippen LogP contribution in [0.15, 0.2) is 61.2 Å². The Labute approximate surface area is 145 Å². The van der Waals surface area contributed by atoms with Crippen LogP contribution in [0.5, 0.6) is 0 Å². The fourth-order valence-electron chi connectivity index (χ4n) is 2.69. The lowest BCUT2D eigenvalue weighted by Crippen LogP contribution is -2.18. The predicted octanol–water partition coefficient (Wildman–Crippen LogP) is 3.69. The van der Waals surface area contributed by atoms with Crippen LogP contribution in [0.4, 0.5) is 5.69 Å². The Bertz CT molecular complexity index is 793. The fraction of sp³-hybridized carbons (Fsp3) is 0.222. The van der Waals surface area contributed by atoms with Gasteiger partial charge in [-0.2, -0.15) is 5.10 Å². The summed E-state index contributed by atoms with van der Waals surface area (Å²) in [6, 6.07) is 11.6. The van der Waals surface area contributed by atoms with E-state index < -0.39 is 0 Å². The minimum absolute atomic E-state index is 0.0323. The van der Waals surface area contributed by atoms with Crippen LogP contribution in [0.25, 0.3) is 0 Å². The number of rotatable bonds is 6. The van der Waals surface area contributed by atoms with Gasteiger partial charge in [-0.15, -0.1) is 0 Å². The van der Waals surface area contributed by atoms with Crippen molar-refractivity contribution in [1.82, 2.24) is 14.3 Å². The minimum Gasteiger partial charge on any atom is -0.354 e. The molecule has 0 spiro atoms. The van der Waals surface area contributed by atoms with Gasteiger partial charge >= 0.3 is 0 Å². The molecule has 2 aromatic heterocycles. The van der Waals surface area contributed by atoms with E-state index in [1.807, 2.05) is 55.8 Å². The van der Waals surface area contributed by atoms with Crippen molar-refractivity contribution in [3.05, 3.63) is 71.8 Å². The van der Waals surface area contributed by atoms with E-state index in [0.717, 1.165) is 12.1 Å². The number of aryl methyl sites for hydroxylation is 1. The molecule has 0 saturated heterocycles. The molecule has 0 fully saturated rings. The van der Waals surface area contributed by atoms with E-state index in [1.165, 1.54) is 0 Å². The van der Waals surface area contributed by atoms with Crippen molar-refractivity contribution in [2.24, 2.45) is 7.05 Å². The first-order valence-electron chi connectivity index (χ1n) is 7.75. The molecule has 3 rings (SSSR count). The lowest BCUT2D eigenvalue weighted by molar-refractivity contribution is -0.116. The average molecular weight is 343 g/mol. The van der Waals surface area contributed by atoms with Gasteiger partial charge in [-0.1, -0.05) is 23.7 Å². The lowest BCUT2D eigenvalue weighted by atomic mass is 9.95. The van der Waals surface area contributed by atoms with Gasteiger partial charge in [0.05, 0.1) is 11.9 Å². The van der Waals surface area contributed by atoms with Crippen molar-refractivity contribution in [2.75, 3.05) is 5.32 Å². The number of aromatic nitrogens is 3. The average Bonchev–Trinajstić information content (AvgIpc) is 3.19. The summed E-state index contributed by atoms with van der Waals surface area (Å²) in [4.78, 5) is 12.4. The Morgan fingerprint density at radius 1 is 1.25 bits per heavy atom. The van der Waals surface area contributed by atoms with Crippen LogP contribution in [0, 0.1) is 0 Å². The van der Waals surface area contributed by atoms with Crippen molar-refractivity contribution >= 4 is 23.2 Å². The highest BCUT2D eigenvalue weighted by Crippen LogP contribution is 2.24. The summed E-state index contributed by atoms with van der Waals surface area (Å²) in [5, 5.41) is 7.65. The second kappa shape index (κ2) is 7.36. The lowest BCUT2D eigenvalue weighted by Gasteiger charge is -2.18. The number of anilines is 1. The number of nitrogens with one attached hydrogen (secondary N) is 1. The first kappa shape index (κ1) is 16.3. The molecule has 1 amide bonds. The smallest absolute Gasteiger partial charge is 0.225 e. The second-order valence-corrected chi connectivity index (χ2v) is 6.22. The summed E-state index contributed by atoms with van der Waals surface area (Å²) in [5.41, 5.74) is 1.80. The molecule has 0 radical (unpaired) electrons. The Kier molecular flexibility index (Phi) is 5.01. The first-order chi connectivity index (χ1) is 11.6. The third kappa shape index (κ3) is 4.26. The van der Waals surface area contributed by atoms with E-state index in [-0.39, 0.29) is 11.8 Å². The van der Waals surface area contributed by atoms with Gasteiger partial charge in [0.25, 0.3) is 0 Å². The van der Waals surface area contributed by atoms with Crippen LogP contribution < -0.4 is 5.32 Å². The highest BCUT2D eigenvalue weighted by molar-refractivity contribution is 6.30. The number of nitrogens with zero attached hydrogens (tertiary/aromatic N) is 3. The zero-order valence-electron chi connectivity index (χ0n) is 13.4. The first-order valence-corrected chi connectivity index (χ1v) is 8.12. The van der Waals surface area contributed by atoms with E-state index in [4.69, 9.17) is 11.6 Å². The molecule has 124 valence electrons. The quantitative estimate of drug-likeness (QED) is 0.742. The van der Waals surface area contributed by atoms with Gasteiger partial charge in [0.15, 0.2) is 0 Å². The van der Waals surface area contributed by atoms with Gasteiger partial charge in [0, 0.05) is 49.5 Å². The molecule has 2 heterocycles. The largest absolute Gasteiger partial charge is 0.354 e.